The maximum Gasteiger partial charge on any atom is 0.254 e. The van der Waals surface area contributed by atoms with E-state index in [1.807, 2.05) is 42.2 Å². The molecule has 2 fully saturated rings. The van der Waals surface area contributed by atoms with Crippen molar-refractivity contribution in [3.05, 3.63) is 59.7 Å². The summed E-state index contributed by atoms with van der Waals surface area (Å²) in [6.45, 7) is 4.01. The van der Waals surface area contributed by atoms with Crippen molar-refractivity contribution in [2.24, 2.45) is 0 Å². The Bertz CT molecular complexity index is 1070. The van der Waals surface area contributed by atoms with Gasteiger partial charge in [0.15, 0.2) is 0 Å². The summed E-state index contributed by atoms with van der Waals surface area (Å²) in [5.74, 6) is 1.11. The fourth-order valence-corrected chi connectivity index (χ4v) is 4.81. The van der Waals surface area contributed by atoms with Crippen LogP contribution in [0.5, 0.6) is 0 Å². The molecule has 5 rings (SSSR count). The van der Waals surface area contributed by atoms with Crippen molar-refractivity contribution in [2.75, 3.05) is 19.6 Å². The minimum absolute atomic E-state index is 0.0470. The number of nitrogens with zero attached hydrogens (tertiary/aromatic N) is 4. The summed E-state index contributed by atoms with van der Waals surface area (Å²) >= 11 is 0. The molecule has 0 aliphatic carbocycles. The summed E-state index contributed by atoms with van der Waals surface area (Å²) < 4.78 is 0. The third-order valence-corrected chi connectivity index (χ3v) is 6.52. The fourth-order valence-electron chi connectivity index (χ4n) is 4.81. The number of fused-ring (bicyclic) bond motifs is 1. The summed E-state index contributed by atoms with van der Waals surface area (Å²) in [6, 6.07) is 9.12. The zero-order valence-electron chi connectivity index (χ0n) is 17.8. The van der Waals surface area contributed by atoms with Crippen LogP contribution in [-0.2, 0) is 4.79 Å². The Morgan fingerprint density at radius 1 is 1.06 bits per heavy atom. The topological polar surface area (TPSA) is 82.2 Å². The number of hydrogen-bond donors (Lipinski definition) is 1. The van der Waals surface area contributed by atoms with Gasteiger partial charge in [-0.1, -0.05) is 17.7 Å². The molecular weight excluding hydrogens is 390 g/mol. The van der Waals surface area contributed by atoms with Gasteiger partial charge in [-0.15, -0.1) is 0 Å². The first-order valence-electron chi connectivity index (χ1n) is 11.1. The molecule has 1 N–H and O–H groups in total. The average molecular weight is 418 g/mol. The largest absolute Gasteiger partial charge is 0.340 e. The molecule has 2 atom stereocenters. The lowest BCUT2D eigenvalue weighted by molar-refractivity contribution is -0.136. The number of pyridine rings is 1. The van der Waals surface area contributed by atoms with Gasteiger partial charge in [0.2, 0.25) is 5.91 Å². The summed E-state index contributed by atoms with van der Waals surface area (Å²) in [7, 11) is 0. The van der Waals surface area contributed by atoms with Crippen molar-refractivity contribution >= 4 is 22.8 Å². The van der Waals surface area contributed by atoms with E-state index in [0.717, 1.165) is 54.6 Å². The van der Waals surface area contributed by atoms with Gasteiger partial charge in [-0.25, -0.2) is 4.98 Å². The number of rotatable bonds is 3. The summed E-state index contributed by atoms with van der Waals surface area (Å²) in [6.07, 6.45) is 7.04. The number of hydrogen-bond acceptors (Lipinski definition) is 4. The monoisotopic (exact) mass is 417 g/mol. The number of carbonyl (C=O) groups is 2. The first kappa shape index (κ1) is 19.7. The second-order valence-corrected chi connectivity index (χ2v) is 8.66. The number of amides is 2. The molecule has 0 saturated carbocycles. The van der Waals surface area contributed by atoms with Gasteiger partial charge in [0.25, 0.3) is 5.91 Å². The molecule has 0 radical (unpaired) electrons. The minimum atomic E-state index is -0.368. The second-order valence-electron chi connectivity index (χ2n) is 8.66. The van der Waals surface area contributed by atoms with Crippen LogP contribution in [0, 0.1) is 6.92 Å². The van der Waals surface area contributed by atoms with E-state index < -0.39 is 0 Å². The van der Waals surface area contributed by atoms with Crippen molar-refractivity contribution < 1.29 is 9.59 Å². The van der Waals surface area contributed by atoms with Gasteiger partial charge in [0.05, 0.1) is 17.2 Å². The maximum absolute atomic E-state index is 13.4. The molecule has 7 nitrogen and oxygen atoms in total. The predicted molar refractivity (Wildman–Crippen MR) is 118 cm³/mol. The maximum atomic E-state index is 13.4. The van der Waals surface area contributed by atoms with Crippen LogP contribution < -0.4 is 0 Å². The number of aromatic amines is 1. The van der Waals surface area contributed by atoms with Crippen LogP contribution in [0.25, 0.3) is 11.0 Å². The molecule has 2 aromatic heterocycles. The molecule has 3 aromatic rings. The van der Waals surface area contributed by atoms with Gasteiger partial charge < -0.3 is 14.8 Å². The highest BCUT2D eigenvalue weighted by molar-refractivity contribution is 5.98. The van der Waals surface area contributed by atoms with Crippen molar-refractivity contribution in [1.82, 2.24) is 24.8 Å². The Labute approximate surface area is 181 Å². The quantitative estimate of drug-likeness (QED) is 0.709. The van der Waals surface area contributed by atoms with E-state index >= 15 is 0 Å². The van der Waals surface area contributed by atoms with Crippen LogP contribution in [0.15, 0.2) is 42.7 Å². The molecule has 1 unspecified atom stereocenters. The third kappa shape index (κ3) is 3.80. The Morgan fingerprint density at radius 3 is 2.68 bits per heavy atom. The van der Waals surface area contributed by atoms with Crippen LogP contribution in [0.2, 0.25) is 0 Å². The van der Waals surface area contributed by atoms with Crippen LogP contribution >= 0.6 is 0 Å². The lowest BCUT2D eigenvalue weighted by Crippen LogP contribution is -2.50. The van der Waals surface area contributed by atoms with E-state index in [4.69, 9.17) is 4.98 Å². The summed E-state index contributed by atoms with van der Waals surface area (Å²) in [4.78, 5) is 42.5. The van der Waals surface area contributed by atoms with E-state index in [1.54, 1.807) is 17.3 Å². The molecule has 7 heteroatoms. The van der Waals surface area contributed by atoms with Crippen molar-refractivity contribution in [3.8, 4) is 0 Å². The molecule has 1 aromatic carbocycles. The van der Waals surface area contributed by atoms with Crippen LogP contribution in [0.3, 0.4) is 0 Å². The van der Waals surface area contributed by atoms with Gasteiger partial charge >= 0.3 is 0 Å². The number of likely N-dealkylation sites (tertiary alicyclic amines) is 2. The smallest absolute Gasteiger partial charge is 0.254 e. The van der Waals surface area contributed by atoms with Gasteiger partial charge in [-0.2, -0.15) is 0 Å². The van der Waals surface area contributed by atoms with E-state index in [9.17, 15) is 9.59 Å². The number of carbonyl (C=O) groups excluding carboxylic acids is 2. The molecule has 2 aliphatic rings. The molecule has 0 spiro atoms. The first-order valence-corrected chi connectivity index (χ1v) is 11.1. The highest BCUT2D eigenvalue weighted by Crippen LogP contribution is 2.29. The van der Waals surface area contributed by atoms with Crippen LogP contribution in [-0.4, -0.2) is 62.2 Å². The van der Waals surface area contributed by atoms with Crippen molar-refractivity contribution in [3.63, 3.8) is 0 Å². The lowest BCUT2D eigenvalue weighted by atomic mass is 9.96. The summed E-state index contributed by atoms with van der Waals surface area (Å²) in [5, 5.41) is 0. The highest BCUT2D eigenvalue weighted by Gasteiger charge is 2.38. The fraction of sp³-hybridized carbons (Fsp3) is 0.417. The molecule has 4 heterocycles. The Kier molecular flexibility index (Phi) is 5.18. The number of aryl methyl sites for hydroxylation is 1. The molecule has 2 amide bonds. The van der Waals surface area contributed by atoms with Gasteiger partial charge in [0, 0.05) is 37.3 Å². The Morgan fingerprint density at radius 2 is 1.87 bits per heavy atom. The molecule has 2 aliphatic heterocycles. The summed E-state index contributed by atoms with van der Waals surface area (Å²) in [5.41, 5.74) is 3.59. The first-order chi connectivity index (χ1) is 15.1. The van der Waals surface area contributed by atoms with Gasteiger partial charge in [-0.3, -0.25) is 14.6 Å². The third-order valence-electron chi connectivity index (χ3n) is 6.52. The number of imidazole rings is 1. The number of aromatic nitrogens is 3. The van der Waals surface area contributed by atoms with Crippen LogP contribution in [0.1, 0.15) is 53.3 Å². The van der Waals surface area contributed by atoms with E-state index in [0.29, 0.717) is 18.7 Å². The van der Waals surface area contributed by atoms with Crippen molar-refractivity contribution in [2.45, 2.75) is 44.6 Å². The highest BCUT2D eigenvalue weighted by atomic mass is 16.2. The van der Waals surface area contributed by atoms with Gasteiger partial charge in [0.1, 0.15) is 11.9 Å². The van der Waals surface area contributed by atoms with Crippen LogP contribution in [0.4, 0.5) is 0 Å². The standard InChI is InChI=1S/C24H27N5O2/c1-16-6-8-17(9-7-16)23(30)29-13-3-5-21(29)24(31)28-12-2-4-18(15-28)22-26-19-10-11-25-14-20(19)27-22/h6-11,14,18,21H,2-5,12-13,15H2,1H3,(H,26,27)/t18?,21-/m1/s1. The predicted octanol–water partition coefficient (Wildman–Crippen LogP) is 3.28. The SMILES string of the molecule is Cc1ccc(C(=O)N2CCC[C@@H]2C(=O)N2CCCC(c3nc4ccncc4[nH]3)C2)cc1. The Balaban J connectivity index is 1.31. The molecule has 2 saturated heterocycles. The molecular formula is C24H27N5O2. The van der Waals surface area contributed by atoms with Gasteiger partial charge in [-0.05, 0) is 50.8 Å². The molecule has 0 bridgehead atoms. The minimum Gasteiger partial charge on any atom is -0.340 e. The molecule has 31 heavy (non-hydrogen) atoms. The number of benzene rings is 1. The van der Waals surface area contributed by atoms with E-state index in [1.165, 1.54) is 0 Å². The second kappa shape index (κ2) is 8.13. The zero-order valence-corrected chi connectivity index (χ0v) is 17.8. The normalized spacial score (nSPS) is 21.6. The number of nitrogens with one attached hydrogen (secondary N) is 1. The Hall–Kier alpha value is -3.22. The number of H-pyrrole nitrogens is 1. The van der Waals surface area contributed by atoms with Crippen molar-refractivity contribution in [1.29, 1.82) is 0 Å². The number of piperidine rings is 1. The lowest BCUT2D eigenvalue weighted by Gasteiger charge is -2.35. The average Bonchev–Trinajstić information content (AvgIpc) is 3.46. The zero-order chi connectivity index (χ0) is 21.4. The van der Waals surface area contributed by atoms with E-state index in [2.05, 4.69) is 9.97 Å². The van der Waals surface area contributed by atoms with E-state index in [-0.39, 0.29) is 23.8 Å². The molecule has 160 valence electrons.